The standard InChI is InChI=1S/C14H20FNO/c15-14-11(9-16)5-4-6-12(14)10-17-13-7-2-1-3-8-13/h4-6,13H,1-3,7-10,16H2. The molecule has 2 nitrogen and oxygen atoms in total. The molecular weight excluding hydrogens is 217 g/mol. The quantitative estimate of drug-likeness (QED) is 0.873. The first-order chi connectivity index (χ1) is 8.31. The van der Waals surface area contributed by atoms with Gasteiger partial charge in [-0.15, -0.1) is 0 Å². The molecule has 3 heteroatoms. The summed E-state index contributed by atoms with van der Waals surface area (Å²) in [5.74, 6) is -0.203. The summed E-state index contributed by atoms with van der Waals surface area (Å²) in [6.45, 7) is 0.605. The fourth-order valence-electron chi connectivity index (χ4n) is 2.34. The summed E-state index contributed by atoms with van der Waals surface area (Å²) in [5, 5.41) is 0. The van der Waals surface area contributed by atoms with E-state index in [0.29, 0.717) is 23.8 Å². The van der Waals surface area contributed by atoms with Crippen LogP contribution in [0.3, 0.4) is 0 Å². The van der Waals surface area contributed by atoms with Crippen LogP contribution >= 0.6 is 0 Å². The molecule has 1 aromatic rings. The molecule has 1 aromatic carbocycles. The number of halogens is 1. The summed E-state index contributed by atoms with van der Waals surface area (Å²) in [4.78, 5) is 0. The Hall–Kier alpha value is -0.930. The molecule has 0 heterocycles. The summed E-state index contributed by atoms with van der Waals surface area (Å²) in [6.07, 6.45) is 6.30. The summed E-state index contributed by atoms with van der Waals surface area (Å²) in [5.41, 5.74) is 6.67. The molecule has 0 bridgehead atoms. The summed E-state index contributed by atoms with van der Waals surface area (Å²) in [6, 6.07) is 5.33. The van der Waals surface area contributed by atoms with Gasteiger partial charge in [0.15, 0.2) is 0 Å². The van der Waals surface area contributed by atoms with Crippen molar-refractivity contribution in [2.24, 2.45) is 5.73 Å². The van der Waals surface area contributed by atoms with Crippen LogP contribution in [0.15, 0.2) is 18.2 Å². The number of ether oxygens (including phenoxy) is 1. The van der Waals surface area contributed by atoms with Crippen molar-refractivity contribution in [2.75, 3.05) is 0 Å². The summed E-state index contributed by atoms with van der Waals surface area (Å²) in [7, 11) is 0. The predicted molar refractivity (Wildman–Crippen MR) is 66.0 cm³/mol. The Morgan fingerprint density at radius 2 is 1.88 bits per heavy atom. The van der Waals surface area contributed by atoms with Crippen molar-refractivity contribution < 1.29 is 9.13 Å². The first-order valence-corrected chi connectivity index (χ1v) is 6.39. The molecule has 1 fully saturated rings. The van der Waals surface area contributed by atoms with Gasteiger partial charge in [-0.2, -0.15) is 0 Å². The van der Waals surface area contributed by atoms with Crippen LogP contribution in [0, 0.1) is 5.82 Å². The maximum absolute atomic E-state index is 13.9. The van der Waals surface area contributed by atoms with Crippen LogP contribution in [0.4, 0.5) is 4.39 Å². The highest BCUT2D eigenvalue weighted by atomic mass is 19.1. The lowest BCUT2D eigenvalue weighted by Crippen LogP contribution is -2.17. The second kappa shape index (κ2) is 6.12. The minimum absolute atomic E-state index is 0.203. The van der Waals surface area contributed by atoms with Gasteiger partial charge < -0.3 is 10.5 Å². The maximum atomic E-state index is 13.9. The van der Waals surface area contributed by atoms with Crippen LogP contribution in [-0.2, 0) is 17.9 Å². The second-order valence-electron chi connectivity index (χ2n) is 4.67. The molecule has 17 heavy (non-hydrogen) atoms. The molecule has 0 radical (unpaired) electrons. The molecule has 0 saturated heterocycles. The minimum atomic E-state index is -0.203. The molecule has 94 valence electrons. The summed E-state index contributed by atoms with van der Waals surface area (Å²) >= 11 is 0. The van der Waals surface area contributed by atoms with Crippen molar-refractivity contribution in [3.63, 3.8) is 0 Å². The first kappa shape index (κ1) is 12.5. The molecule has 1 aliphatic carbocycles. The van der Waals surface area contributed by atoms with Crippen LogP contribution in [0.1, 0.15) is 43.2 Å². The topological polar surface area (TPSA) is 35.2 Å². The Morgan fingerprint density at radius 3 is 2.59 bits per heavy atom. The van der Waals surface area contributed by atoms with E-state index in [1.165, 1.54) is 19.3 Å². The molecule has 1 saturated carbocycles. The Bertz CT molecular complexity index is 361. The van der Waals surface area contributed by atoms with Crippen LogP contribution < -0.4 is 5.73 Å². The zero-order valence-corrected chi connectivity index (χ0v) is 10.1. The second-order valence-corrected chi connectivity index (χ2v) is 4.67. The fourth-order valence-corrected chi connectivity index (χ4v) is 2.34. The van der Waals surface area contributed by atoms with Crippen molar-refractivity contribution in [3.8, 4) is 0 Å². The van der Waals surface area contributed by atoms with Gasteiger partial charge >= 0.3 is 0 Å². The van der Waals surface area contributed by atoms with Crippen molar-refractivity contribution in [1.29, 1.82) is 0 Å². The fraction of sp³-hybridized carbons (Fsp3) is 0.571. The van der Waals surface area contributed by atoms with Gasteiger partial charge in [0.2, 0.25) is 0 Å². The third-order valence-corrected chi connectivity index (χ3v) is 3.41. The third kappa shape index (κ3) is 3.27. The van der Waals surface area contributed by atoms with Gasteiger partial charge in [0, 0.05) is 17.7 Å². The molecule has 0 unspecified atom stereocenters. The zero-order valence-electron chi connectivity index (χ0n) is 10.1. The van der Waals surface area contributed by atoms with E-state index < -0.39 is 0 Å². The van der Waals surface area contributed by atoms with Crippen LogP contribution in [0.25, 0.3) is 0 Å². The first-order valence-electron chi connectivity index (χ1n) is 6.39. The van der Waals surface area contributed by atoms with Crippen LogP contribution in [0.2, 0.25) is 0 Å². The van der Waals surface area contributed by atoms with E-state index in [0.717, 1.165) is 12.8 Å². The highest BCUT2D eigenvalue weighted by molar-refractivity contribution is 5.25. The van der Waals surface area contributed by atoms with Gasteiger partial charge in [0.1, 0.15) is 5.82 Å². The van der Waals surface area contributed by atoms with Gasteiger partial charge in [-0.1, -0.05) is 37.5 Å². The van der Waals surface area contributed by atoms with Crippen molar-refractivity contribution >= 4 is 0 Å². The molecule has 2 rings (SSSR count). The third-order valence-electron chi connectivity index (χ3n) is 3.41. The Labute approximate surface area is 102 Å². The highest BCUT2D eigenvalue weighted by Gasteiger charge is 2.15. The van der Waals surface area contributed by atoms with Crippen LogP contribution in [0.5, 0.6) is 0 Å². The number of rotatable bonds is 4. The number of hydrogen-bond donors (Lipinski definition) is 1. The smallest absolute Gasteiger partial charge is 0.133 e. The van der Waals surface area contributed by atoms with Crippen LogP contribution in [-0.4, -0.2) is 6.10 Å². The van der Waals surface area contributed by atoms with E-state index >= 15 is 0 Å². The van der Waals surface area contributed by atoms with Crippen molar-refractivity contribution in [2.45, 2.75) is 51.4 Å². The molecule has 0 aromatic heterocycles. The van der Waals surface area contributed by atoms with E-state index in [1.54, 1.807) is 12.1 Å². The maximum Gasteiger partial charge on any atom is 0.133 e. The van der Waals surface area contributed by atoms with E-state index in [1.807, 2.05) is 6.07 Å². The van der Waals surface area contributed by atoms with Gasteiger partial charge in [0.05, 0.1) is 12.7 Å². The lowest BCUT2D eigenvalue weighted by atomic mass is 9.98. The van der Waals surface area contributed by atoms with Gasteiger partial charge in [-0.25, -0.2) is 4.39 Å². The van der Waals surface area contributed by atoms with Gasteiger partial charge in [-0.3, -0.25) is 0 Å². The molecular formula is C14H20FNO. The monoisotopic (exact) mass is 237 g/mol. The molecule has 2 N–H and O–H groups in total. The lowest BCUT2D eigenvalue weighted by molar-refractivity contribution is 0.0155. The normalized spacial score (nSPS) is 17.3. The Morgan fingerprint density at radius 1 is 1.18 bits per heavy atom. The average Bonchev–Trinajstić information content (AvgIpc) is 2.39. The number of benzene rings is 1. The SMILES string of the molecule is NCc1cccc(COC2CCCCC2)c1F. The Kier molecular flexibility index (Phi) is 4.51. The van der Waals surface area contributed by atoms with E-state index in [9.17, 15) is 4.39 Å². The minimum Gasteiger partial charge on any atom is -0.373 e. The van der Waals surface area contributed by atoms with E-state index in [2.05, 4.69) is 0 Å². The Balaban J connectivity index is 1.93. The lowest BCUT2D eigenvalue weighted by Gasteiger charge is -2.22. The van der Waals surface area contributed by atoms with Crippen molar-refractivity contribution in [3.05, 3.63) is 35.1 Å². The van der Waals surface area contributed by atoms with E-state index in [-0.39, 0.29) is 12.4 Å². The summed E-state index contributed by atoms with van der Waals surface area (Å²) < 4.78 is 19.6. The molecule has 0 amide bonds. The molecule has 0 spiro atoms. The van der Waals surface area contributed by atoms with Gasteiger partial charge in [0.25, 0.3) is 0 Å². The zero-order chi connectivity index (χ0) is 12.1. The molecule has 0 aliphatic heterocycles. The molecule has 1 aliphatic rings. The highest BCUT2D eigenvalue weighted by Crippen LogP contribution is 2.22. The molecule has 0 atom stereocenters. The van der Waals surface area contributed by atoms with Gasteiger partial charge in [-0.05, 0) is 12.8 Å². The largest absolute Gasteiger partial charge is 0.373 e. The average molecular weight is 237 g/mol. The number of hydrogen-bond acceptors (Lipinski definition) is 2. The van der Waals surface area contributed by atoms with E-state index in [4.69, 9.17) is 10.5 Å². The van der Waals surface area contributed by atoms with Crippen molar-refractivity contribution in [1.82, 2.24) is 0 Å². The predicted octanol–water partition coefficient (Wildman–Crippen LogP) is 3.13. The number of nitrogens with two attached hydrogens (primary N) is 1.